The molecule has 3 saturated heterocycles. The lowest BCUT2D eigenvalue weighted by Crippen LogP contribution is -2.76. The molecule has 2 N–H and O–H groups in total. The Hall–Kier alpha value is -3.63. The monoisotopic (exact) mass is 507 g/mol. The molecular formula is C27H33N5O5. The zero-order chi connectivity index (χ0) is 25.9. The number of urea groups is 1. The van der Waals surface area contributed by atoms with Crippen LogP contribution < -0.4 is 5.32 Å². The summed E-state index contributed by atoms with van der Waals surface area (Å²) in [5.74, 6) is -0.218. The van der Waals surface area contributed by atoms with Gasteiger partial charge >= 0.3 is 6.03 Å². The van der Waals surface area contributed by atoms with E-state index in [1.165, 1.54) is 0 Å². The number of phenols is 1. The van der Waals surface area contributed by atoms with Gasteiger partial charge in [0.1, 0.15) is 18.0 Å². The summed E-state index contributed by atoms with van der Waals surface area (Å²) in [4.78, 5) is 43.8. The number of phenolic OH excluding ortho intramolecular Hbond substituents is 1. The van der Waals surface area contributed by atoms with E-state index >= 15 is 0 Å². The van der Waals surface area contributed by atoms with E-state index in [-0.39, 0.29) is 49.2 Å². The third-order valence-corrected chi connectivity index (χ3v) is 7.25. The van der Waals surface area contributed by atoms with E-state index in [4.69, 9.17) is 4.74 Å². The number of nitrogens with one attached hydrogen (secondary N) is 1. The Balaban J connectivity index is 1.42. The quantitative estimate of drug-likeness (QED) is 0.615. The first-order chi connectivity index (χ1) is 17.9. The van der Waals surface area contributed by atoms with Gasteiger partial charge in [0.25, 0.3) is 0 Å². The summed E-state index contributed by atoms with van der Waals surface area (Å²) in [6, 6.07) is 15.2. The first-order valence-corrected chi connectivity index (χ1v) is 12.7. The van der Waals surface area contributed by atoms with Gasteiger partial charge in [0.15, 0.2) is 0 Å². The van der Waals surface area contributed by atoms with Gasteiger partial charge in [-0.15, -0.1) is 0 Å². The van der Waals surface area contributed by atoms with Gasteiger partial charge in [0.05, 0.1) is 19.2 Å². The lowest BCUT2D eigenvalue weighted by Gasteiger charge is -2.54. The van der Waals surface area contributed by atoms with Crippen molar-refractivity contribution in [2.24, 2.45) is 0 Å². The maximum Gasteiger partial charge on any atom is 0.334 e. The molecule has 1 unspecified atom stereocenters. The van der Waals surface area contributed by atoms with E-state index in [1.54, 1.807) is 51.1 Å². The first kappa shape index (κ1) is 25.0. The second-order valence-electron chi connectivity index (χ2n) is 9.85. The Kier molecular flexibility index (Phi) is 7.29. The maximum atomic E-state index is 13.7. The van der Waals surface area contributed by atoms with Gasteiger partial charge < -0.3 is 25.0 Å². The Bertz CT molecular complexity index is 1120. The Labute approximate surface area is 216 Å². The second-order valence-corrected chi connectivity index (χ2v) is 9.85. The van der Waals surface area contributed by atoms with Crippen LogP contribution in [-0.2, 0) is 27.3 Å². The number of aromatic hydroxyl groups is 1. The molecule has 37 heavy (non-hydrogen) atoms. The molecule has 0 saturated carbocycles. The van der Waals surface area contributed by atoms with Crippen molar-refractivity contribution in [1.29, 1.82) is 0 Å². The van der Waals surface area contributed by atoms with Crippen molar-refractivity contribution < 1.29 is 24.2 Å². The summed E-state index contributed by atoms with van der Waals surface area (Å²) in [5.41, 5.74) is 1.79. The van der Waals surface area contributed by atoms with Crippen molar-refractivity contribution in [2.75, 3.05) is 33.3 Å². The smallest absolute Gasteiger partial charge is 0.334 e. The number of hydrogen-bond donors (Lipinski definition) is 2. The average Bonchev–Trinajstić information content (AvgIpc) is 3.40. The highest BCUT2D eigenvalue weighted by molar-refractivity contribution is 5.91. The number of piperazine rings is 1. The number of carbonyl (C=O) groups is 3. The van der Waals surface area contributed by atoms with Crippen LogP contribution in [0.3, 0.4) is 0 Å². The maximum absolute atomic E-state index is 13.7. The van der Waals surface area contributed by atoms with Crippen LogP contribution in [0.25, 0.3) is 0 Å². The lowest BCUT2D eigenvalue weighted by atomic mass is 9.98. The third-order valence-electron chi connectivity index (χ3n) is 7.25. The van der Waals surface area contributed by atoms with Crippen molar-refractivity contribution in [1.82, 2.24) is 25.1 Å². The van der Waals surface area contributed by atoms with E-state index in [0.29, 0.717) is 19.7 Å². The first-order valence-electron chi connectivity index (χ1n) is 12.7. The molecular weight excluding hydrogens is 474 g/mol. The van der Waals surface area contributed by atoms with Gasteiger partial charge in [-0.25, -0.2) is 14.8 Å². The number of amides is 4. The van der Waals surface area contributed by atoms with Crippen LogP contribution >= 0.6 is 0 Å². The number of likely N-dealkylation sites (N-methyl/N-ethyl adjacent to an activating group) is 1. The minimum Gasteiger partial charge on any atom is -0.508 e. The van der Waals surface area contributed by atoms with E-state index in [0.717, 1.165) is 24.0 Å². The van der Waals surface area contributed by atoms with Crippen LogP contribution in [0, 0.1) is 0 Å². The molecule has 2 aromatic rings. The summed E-state index contributed by atoms with van der Waals surface area (Å²) in [6.45, 7) is 1.64. The highest BCUT2D eigenvalue weighted by Gasteiger charge is 2.51. The number of fused-ring (bicyclic) bond motifs is 1. The summed E-state index contributed by atoms with van der Waals surface area (Å²) in [7, 11) is 1.72. The van der Waals surface area contributed by atoms with Crippen LogP contribution in [-0.4, -0.2) is 94.4 Å². The third kappa shape index (κ3) is 5.40. The summed E-state index contributed by atoms with van der Waals surface area (Å²) >= 11 is 0. The van der Waals surface area contributed by atoms with Crippen LogP contribution in [0.1, 0.15) is 24.0 Å². The molecule has 2 aromatic carbocycles. The van der Waals surface area contributed by atoms with Crippen molar-refractivity contribution >= 4 is 17.8 Å². The largest absolute Gasteiger partial charge is 0.508 e. The fraction of sp³-hybridized carbons (Fsp3) is 0.444. The standard InChI is InChI=1S/C27H33N5O5/c1-29-18-25(34)31-23(14-19-9-11-21(33)12-10-19)26(35)30(16-22-8-5-13-37-22)17-24(31)32(29)27(36)28-15-20-6-3-2-4-7-20/h2-4,6-7,9-12,22-24,33H,5,8,13-18H2,1H3,(H,28,36)/t22?,23-,24-/m0/s1. The molecule has 4 amide bonds. The van der Waals surface area contributed by atoms with Gasteiger partial charge in [0.2, 0.25) is 11.8 Å². The van der Waals surface area contributed by atoms with Gasteiger partial charge in [-0.3, -0.25) is 9.59 Å². The van der Waals surface area contributed by atoms with E-state index in [1.807, 2.05) is 30.3 Å². The Morgan fingerprint density at radius 1 is 1.08 bits per heavy atom. The molecule has 0 radical (unpaired) electrons. The number of hydrogen-bond acceptors (Lipinski definition) is 6. The molecule has 3 aliphatic rings. The molecule has 0 bridgehead atoms. The number of benzene rings is 2. The Morgan fingerprint density at radius 2 is 1.84 bits per heavy atom. The van der Waals surface area contributed by atoms with E-state index < -0.39 is 12.2 Å². The van der Waals surface area contributed by atoms with Gasteiger partial charge in [0, 0.05) is 33.2 Å². The number of ether oxygens (including phenoxy) is 1. The van der Waals surface area contributed by atoms with Gasteiger partial charge in [-0.1, -0.05) is 42.5 Å². The molecule has 3 aliphatic heterocycles. The van der Waals surface area contributed by atoms with Crippen molar-refractivity contribution in [3.63, 3.8) is 0 Å². The number of nitrogens with zero attached hydrogens (tertiary/aromatic N) is 4. The predicted octanol–water partition coefficient (Wildman–Crippen LogP) is 1.55. The molecule has 3 fully saturated rings. The molecule has 0 aliphatic carbocycles. The zero-order valence-corrected chi connectivity index (χ0v) is 21.0. The lowest BCUT2D eigenvalue weighted by molar-refractivity contribution is -0.188. The topological polar surface area (TPSA) is 106 Å². The summed E-state index contributed by atoms with van der Waals surface area (Å²) in [5, 5.41) is 15.8. The second kappa shape index (κ2) is 10.8. The molecule has 3 heterocycles. The highest BCUT2D eigenvalue weighted by Crippen LogP contribution is 2.29. The molecule has 10 nitrogen and oxygen atoms in total. The molecule has 5 rings (SSSR count). The number of hydrazine groups is 1. The van der Waals surface area contributed by atoms with Crippen molar-refractivity contribution in [3.05, 3.63) is 65.7 Å². The van der Waals surface area contributed by atoms with E-state index in [2.05, 4.69) is 5.32 Å². The fourth-order valence-electron chi connectivity index (χ4n) is 5.41. The van der Waals surface area contributed by atoms with Gasteiger partial charge in [-0.2, -0.15) is 0 Å². The number of rotatable bonds is 6. The number of carbonyl (C=O) groups excluding carboxylic acids is 3. The van der Waals surface area contributed by atoms with Crippen LogP contribution in [0.15, 0.2) is 54.6 Å². The average molecular weight is 508 g/mol. The van der Waals surface area contributed by atoms with Gasteiger partial charge in [-0.05, 0) is 36.1 Å². The van der Waals surface area contributed by atoms with E-state index in [9.17, 15) is 19.5 Å². The normalized spacial score (nSPS) is 24.4. The van der Waals surface area contributed by atoms with Crippen LogP contribution in [0.2, 0.25) is 0 Å². The van der Waals surface area contributed by atoms with Crippen LogP contribution in [0.4, 0.5) is 4.79 Å². The van der Waals surface area contributed by atoms with Crippen LogP contribution in [0.5, 0.6) is 5.75 Å². The minimum atomic E-state index is -0.768. The predicted molar refractivity (Wildman–Crippen MR) is 135 cm³/mol. The summed E-state index contributed by atoms with van der Waals surface area (Å²) < 4.78 is 5.81. The highest BCUT2D eigenvalue weighted by atomic mass is 16.5. The summed E-state index contributed by atoms with van der Waals surface area (Å²) in [6.07, 6.45) is 1.41. The molecule has 0 aromatic heterocycles. The van der Waals surface area contributed by atoms with Crippen molar-refractivity contribution in [3.8, 4) is 5.75 Å². The molecule has 0 spiro atoms. The fourth-order valence-corrected chi connectivity index (χ4v) is 5.41. The molecule has 196 valence electrons. The zero-order valence-electron chi connectivity index (χ0n) is 21.0. The van der Waals surface area contributed by atoms with Crippen molar-refractivity contribution in [2.45, 2.75) is 44.1 Å². The Morgan fingerprint density at radius 3 is 2.54 bits per heavy atom. The molecule has 3 atom stereocenters. The SMILES string of the molecule is CN1CC(=O)N2[C@@H](Cc3ccc(O)cc3)C(=O)N(CC3CCCO3)C[C@@H]2N1C(=O)NCc1ccccc1. The molecule has 10 heteroatoms. The minimum absolute atomic E-state index is 0.0135.